The quantitative estimate of drug-likeness (QED) is 0.241. The van der Waals surface area contributed by atoms with Crippen LogP contribution in [0.5, 0.6) is 0 Å². The molecule has 0 spiro atoms. The molecule has 7 rings (SSSR count). The molecule has 0 radical (unpaired) electrons. The van der Waals surface area contributed by atoms with Crippen LogP contribution in [0.25, 0.3) is 16.9 Å². The van der Waals surface area contributed by atoms with Crippen molar-refractivity contribution in [3.63, 3.8) is 0 Å². The maximum Gasteiger partial charge on any atom is 0.314 e. The highest BCUT2D eigenvalue weighted by atomic mass is 19.3. The van der Waals surface area contributed by atoms with Crippen molar-refractivity contribution in [2.75, 3.05) is 11.9 Å². The van der Waals surface area contributed by atoms with E-state index in [0.717, 1.165) is 0 Å². The summed E-state index contributed by atoms with van der Waals surface area (Å²) in [6, 6.07) is 9.15. The van der Waals surface area contributed by atoms with Gasteiger partial charge in [-0.15, -0.1) is 10.2 Å². The fourth-order valence-electron chi connectivity index (χ4n) is 6.18. The second-order valence-electron chi connectivity index (χ2n) is 12.3. The Balaban J connectivity index is 1.30. The topological polar surface area (TPSA) is 154 Å². The van der Waals surface area contributed by atoms with E-state index in [1.807, 2.05) is 12.1 Å². The average molecular weight is 609 g/mol. The molecule has 44 heavy (non-hydrogen) atoms. The van der Waals surface area contributed by atoms with Crippen molar-refractivity contribution < 1.29 is 27.5 Å². The number of anilines is 1. The van der Waals surface area contributed by atoms with Crippen LogP contribution < -0.4 is 10.6 Å². The standard InChI is InChI=1S/C30H31F3N8O3/c1-28(2,43)23(31)16-36-25(42)19-15-35-21(22-4-3-18-11-17(13-34)14-37-41(18)22)12-20(19)38-30-8-5-29(6-9-30,7-10-30)27-40-39-26(44-27)24(32)33/h3-4,11-12,14-15,23-24,43H,5-10,16H2,1-2H3,(H,35,38)(H,36,42)/t23-,29?,30?/m1/s1. The molecule has 0 aromatic carbocycles. The van der Waals surface area contributed by atoms with E-state index in [1.165, 1.54) is 26.2 Å². The number of alkyl halides is 3. The van der Waals surface area contributed by atoms with Gasteiger partial charge in [-0.25, -0.2) is 8.91 Å². The van der Waals surface area contributed by atoms with Crippen LogP contribution >= 0.6 is 0 Å². The number of amides is 1. The number of halogens is 3. The number of fused-ring (bicyclic) bond motifs is 4. The molecule has 1 atom stereocenters. The lowest BCUT2D eigenvalue weighted by atomic mass is 9.57. The lowest BCUT2D eigenvalue weighted by molar-refractivity contribution is -0.00177. The van der Waals surface area contributed by atoms with Gasteiger partial charge in [0.1, 0.15) is 12.2 Å². The van der Waals surface area contributed by atoms with Gasteiger partial charge < -0.3 is 20.2 Å². The third-order valence-corrected chi connectivity index (χ3v) is 8.98. The van der Waals surface area contributed by atoms with Crippen molar-refractivity contribution >= 4 is 17.1 Å². The van der Waals surface area contributed by atoms with Crippen molar-refractivity contribution in [3.8, 4) is 17.5 Å². The molecular weight excluding hydrogens is 577 g/mol. The van der Waals surface area contributed by atoms with Gasteiger partial charge in [0.2, 0.25) is 5.89 Å². The summed E-state index contributed by atoms with van der Waals surface area (Å²) in [5, 5.41) is 37.2. The van der Waals surface area contributed by atoms with Crippen molar-refractivity contribution in [3.05, 3.63) is 59.6 Å². The molecule has 4 heterocycles. The summed E-state index contributed by atoms with van der Waals surface area (Å²) in [6.45, 7) is 2.27. The molecular formula is C30H31F3N8O3. The maximum absolute atomic E-state index is 14.5. The van der Waals surface area contributed by atoms with Crippen LogP contribution in [0.1, 0.15) is 86.5 Å². The van der Waals surface area contributed by atoms with Gasteiger partial charge in [0.15, 0.2) is 0 Å². The third kappa shape index (κ3) is 5.36. The molecule has 11 nitrogen and oxygen atoms in total. The van der Waals surface area contributed by atoms with E-state index in [9.17, 15) is 28.3 Å². The van der Waals surface area contributed by atoms with Gasteiger partial charge in [-0.05, 0) is 76.6 Å². The molecule has 3 fully saturated rings. The van der Waals surface area contributed by atoms with Crippen LogP contribution in [-0.2, 0) is 5.41 Å². The minimum absolute atomic E-state index is 0.201. The number of aromatic nitrogens is 5. The lowest BCUT2D eigenvalue weighted by Crippen LogP contribution is -2.53. The fraction of sp³-hybridized carbons (Fsp3) is 0.467. The molecule has 4 aromatic heterocycles. The van der Waals surface area contributed by atoms with E-state index in [2.05, 4.69) is 37.0 Å². The van der Waals surface area contributed by atoms with E-state index < -0.39 is 47.5 Å². The molecule has 0 saturated heterocycles. The Morgan fingerprint density at radius 1 is 1.14 bits per heavy atom. The number of carbonyl (C=O) groups is 1. The molecule has 3 aliphatic rings. The highest BCUT2D eigenvalue weighted by Crippen LogP contribution is 2.54. The highest BCUT2D eigenvalue weighted by Gasteiger charge is 2.52. The van der Waals surface area contributed by atoms with Gasteiger partial charge in [0, 0.05) is 17.2 Å². The highest BCUT2D eigenvalue weighted by molar-refractivity contribution is 6.00. The second-order valence-corrected chi connectivity index (χ2v) is 12.3. The fourth-order valence-corrected chi connectivity index (χ4v) is 6.18. The Morgan fingerprint density at radius 3 is 2.50 bits per heavy atom. The first-order chi connectivity index (χ1) is 20.9. The number of nitriles is 1. The minimum atomic E-state index is -2.83. The van der Waals surface area contributed by atoms with Gasteiger partial charge >= 0.3 is 6.43 Å². The first-order valence-electron chi connectivity index (χ1n) is 14.4. The third-order valence-electron chi connectivity index (χ3n) is 8.98. The zero-order valence-corrected chi connectivity index (χ0v) is 24.1. The molecule has 0 aliphatic heterocycles. The van der Waals surface area contributed by atoms with Gasteiger partial charge in [-0.3, -0.25) is 9.78 Å². The smallest absolute Gasteiger partial charge is 0.314 e. The number of nitrogens with one attached hydrogen (secondary N) is 2. The van der Waals surface area contributed by atoms with Gasteiger partial charge in [-0.2, -0.15) is 19.1 Å². The predicted molar refractivity (Wildman–Crippen MR) is 152 cm³/mol. The Labute approximate surface area is 250 Å². The molecule has 1 amide bonds. The molecule has 230 valence electrons. The zero-order chi connectivity index (χ0) is 31.3. The van der Waals surface area contributed by atoms with Crippen LogP contribution in [0.15, 0.2) is 41.1 Å². The number of pyridine rings is 1. The van der Waals surface area contributed by atoms with E-state index in [1.54, 1.807) is 16.6 Å². The van der Waals surface area contributed by atoms with E-state index in [0.29, 0.717) is 66.7 Å². The molecule has 14 heteroatoms. The number of hydrogen-bond donors (Lipinski definition) is 3. The van der Waals surface area contributed by atoms with Crippen LogP contribution in [0.4, 0.5) is 18.9 Å². The summed E-state index contributed by atoms with van der Waals surface area (Å²) in [4.78, 5) is 17.9. The minimum Gasteiger partial charge on any atom is -0.419 e. The first kappa shape index (κ1) is 29.6. The van der Waals surface area contributed by atoms with Gasteiger partial charge in [0.05, 0.1) is 52.1 Å². The number of hydrogen-bond acceptors (Lipinski definition) is 9. The van der Waals surface area contributed by atoms with Crippen LogP contribution in [-0.4, -0.2) is 59.7 Å². The Kier molecular flexibility index (Phi) is 7.31. The molecule has 4 aromatic rings. The first-order valence-corrected chi connectivity index (χ1v) is 14.4. The Hall–Kier alpha value is -4.51. The van der Waals surface area contributed by atoms with E-state index in [4.69, 9.17) is 4.42 Å². The monoisotopic (exact) mass is 608 g/mol. The number of nitrogens with zero attached hydrogens (tertiary/aromatic N) is 6. The van der Waals surface area contributed by atoms with Crippen molar-refractivity contribution in [1.29, 1.82) is 5.26 Å². The summed E-state index contributed by atoms with van der Waals surface area (Å²) in [7, 11) is 0. The normalized spacial score (nSPS) is 22.2. The number of carbonyl (C=O) groups excluding carboxylic acids is 1. The largest absolute Gasteiger partial charge is 0.419 e. The number of rotatable bonds is 9. The van der Waals surface area contributed by atoms with E-state index >= 15 is 0 Å². The van der Waals surface area contributed by atoms with Crippen molar-refractivity contribution in [2.45, 2.75) is 81.5 Å². The second kappa shape index (κ2) is 10.9. The summed E-state index contributed by atoms with van der Waals surface area (Å²) in [5.74, 6) is -0.989. The summed E-state index contributed by atoms with van der Waals surface area (Å²) in [5.41, 5.74) is 0.450. The van der Waals surface area contributed by atoms with Gasteiger partial charge in [-0.1, -0.05) is 0 Å². The predicted octanol–water partition coefficient (Wildman–Crippen LogP) is 4.88. The van der Waals surface area contributed by atoms with Crippen LogP contribution in [0.3, 0.4) is 0 Å². The van der Waals surface area contributed by atoms with Crippen LogP contribution in [0, 0.1) is 11.3 Å². The molecule has 2 bridgehead atoms. The van der Waals surface area contributed by atoms with Gasteiger partial charge in [0.25, 0.3) is 11.8 Å². The zero-order valence-electron chi connectivity index (χ0n) is 24.1. The van der Waals surface area contributed by atoms with Crippen molar-refractivity contribution in [2.24, 2.45) is 0 Å². The Bertz CT molecular complexity index is 1730. The van der Waals surface area contributed by atoms with E-state index in [-0.39, 0.29) is 11.5 Å². The molecule has 3 saturated carbocycles. The lowest BCUT2D eigenvalue weighted by Gasteiger charge is -2.52. The van der Waals surface area contributed by atoms with Crippen molar-refractivity contribution in [1.82, 2.24) is 30.1 Å². The molecule has 3 aliphatic carbocycles. The average Bonchev–Trinajstić information content (AvgIpc) is 3.68. The SMILES string of the molecule is CC(C)(O)[C@H](F)CNC(=O)c1cnc(-c2ccc3cc(C#N)cnn23)cc1NC12CCC(c3nnc(C(F)F)o3)(CC1)CC2. The summed E-state index contributed by atoms with van der Waals surface area (Å²) >= 11 is 0. The summed E-state index contributed by atoms with van der Waals surface area (Å²) < 4.78 is 47.7. The number of aliphatic hydroxyl groups is 1. The molecule has 3 N–H and O–H groups in total. The molecule has 0 unspecified atom stereocenters. The maximum atomic E-state index is 14.5. The Morgan fingerprint density at radius 2 is 1.86 bits per heavy atom. The van der Waals surface area contributed by atoms with Crippen LogP contribution in [0.2, 0.25) is 0 Å². The summed E-state index contributed by atoms with van der Waals surface area (Å²) in [6.07, 6.45) is 2.24.